The maximum absolute atomic E-state index is 12.9. The van der Waals surface area contributed by atoms with E-state index in [1.54, 1.807) is 47.7 Å². The van der Waals surface area contributed by atoms with Crippen molar-refractivity contribution < 1.29 is 9.13 Å². The fourth-order valence-electron chi connectivity index (χ4n) is 3.00. The molecule has 3 aromatic heterocycles. The summed E-state index contributed by atoms with van der Waals surface area (Å²) in [6, 6.07) is 6.64. The lowest BCUT2D eigenvalue weighted by Gasteiger charge is -2.11. The number of ether oxygens (including phenoxy) is 1. The van der Waals surface area contributed by atoms with Crippen LogP contribution in [0.25, 0.3) is 27.8 Å². The molecule has 0 saturated heterocycles. The summed E-state index contributed by atoms with van der Waals surface area (Å²) in [5.41, 5.74) is 3.25. The van der Waals surface area contributed by atoms with Gasteiger partial charge in [-0.3, -0.25) is 14.0 Å². The summed E-state index contributed by atoms with van der Waals surface area (Å²) in [7, 11) is 3.69. The first-order chi connectivity index (χ1) is 12.6. The van der Waals surface area contributed by atoms with Gasteiger partial charge < -0.3 is 9.30 Å². The molecule has 0 spiro atoms. The number of aromatic nitrogens is 5. The average molecular weight is 353 g/mol. The van der Waals surface area contributed by atoms with Gasteiger partial charge in [0.15, 0.2) is 5.52 Å². The fraction of sp³-hybridized carbons (Fsp3) is 0.167. The molecule has 0 fully saturated rings. The Kier molecular flexibility index (Phi) is 3.80. The van der Waals surface area contributed by atoms with Crippen LogP contribution in [-0.2, 0) is 14.1 Å². The van der Waals surface area contributed by atoms with Crippen LogP contribution in [0, 0.1) is 0 Å². The fourth-order valence-corrected chi connectivity index (χ4v) is 3.00. The third kappa shape index (κ3) is 2.55. The largest absolute Gasteiger partial charge is 0.463 e. The smallest absolute Gasteiger partial charge is 0.283 e. The molecule has 8 heteroatoms. The summed E-state index contributed by atoms with van der Waals surface area (Å²) >= 11 is 0. The van der Waals surface area contributed by atoms with Crippen molar-refractivity contribution in [3.63, 3.8) is 0 Å². The number of benzene rings is 1. The van der Waals surface area contributed by atoms with Gasteiger partial charge in [-0.2, -0.15) is 5.10 Å². The number of nitrogens with zero attached hydrogens (tertiary/aromatic N) is 5. The van der Waals surface area contributed by atoms with E-state index in [9.17, 15) is 9.18 Å². The molecule has 0 bridgehead atoms. The Labute approximate surface area is 147 Å². The molecule has 132 valence electrons. The van der Waals surface area contributed by atoms with Crippen molar-refractivity contribution in [1.82, 2.24) is 23.9 Å². The minimum Gasteiger partial charge on any atom is -0.463 e. The van der Waals surface area contributed by atoms with Gasteiger partial charge in [-0.25, -0.2) is 9.37 Å². The van der Waals surface area contributed by atoms with Crippen LogP contribution in [0.3, 0.4) is 0 Å². The Morgan fingerprint density at radius 2 is 1.92 bits per heavy atom. The van der Waals surface area contributed by atoms with Crippen LogP contribution in [0.2, 0.25) is 0 Å². The van der Waals surface area contributed by atoms with E-state index < -0.39 is 6.86 Å². The van der Waals surface area contributed by atoms with Gasteiger partial charge in [0, 0.05) is 43.3 Å². The topological polar surface area (TPSA) is 66.9 Å². The van der Waals surface area contributed by atoms with Crippen LogP contribution in [0.1, 0.15) is 0 Å². The minimum atomic E-state index is -0.898. The third-order valence-corrected chi connectivity index (χ3v) is 4.22. The zero-order chi connectivity index (χ0) is 18.3. The quantitative estimate of drug-likeness (QED) is 0.565. The highest BCUT2D eigenvalue weighted by atomic mass is 19.1. The highest BCUT2D eigenvalue weighted by molar-refractivity contribution is 5.91. The van der Waals surface area contributed by atoms with Gasteiger partial charge in [0.1, 0.15) is 5.75 Å². The van der Waals surface area contributed by atoms with Crippen molar-refractivity contribution >= 4 is 11.0 Å². The van der Waals surface area contributed by atoms with Gasteiger partial charge in [-0.1, -0.05) is 0 Å². The Hall–Kier alpha value is -3.42. The normalized spacial score (nSPS) is 11.2. The van der Waals surface area contributed by atoms with Crippen molar-refractivity contribution in [2.45, 2.75) is 0 Å². The van der Waals surface area contributed by atoms with Crippen molar-refractivity contribution in [3.8, 4) is 22.6 Å². The summed E-state index contributed by atoms with van der Waals surface area (Å²) in [6.45, 7) is -0.898. The third-order valence-electron chi connectivity index (χ3n) is 4.22. The first kappa shape index (κ1) is 16.1. The molecule has 0 unspecified atom stereocenters. The molecule has 0 aliphatic carbocycles. The summed E-state index contributed by atoms with van der Waals surface area (Å²) in [5.74, 6) is 0.399. The molecule has 4 rings (SSSR count). The number of rotatable bonds is 4. The van der Waals surface area contributed by atoms with Gasteiger partial charge in [0.05, 0.1) is 18.0 Å². The van der Waals surface area contributed by atoms with E-state index >= 15 is 0 Å². The molecule has 4 aromatic rings. The van der Waals surface area contributed by atoms with Crippen LogP contribution in [0.4, 0.5) is 4.39 Å². The molecule has 0 amide bonds. The number of imidazole rings is 1. The van der Waals surface area contributed by atoms with Crippen molar-refractivity contribution in [2.24, 2.45) is 14.1 Å². The molecular formula is C18H16FN5O2. The molecule has 1 aromatic carbocycles. The van der Waals surface area contributed by atoms with Crippen LogP contribution >= 0.6 is 0 Å². The summed E-state index contributed by atoms with van der Waals surface area (Å²) < 4.78 is 22.2. The predicted molar refractivity (Wildman–Crippen MR) is 95.1 cm³/mol. The summed E-state index contributed by atoms with van der Waals surface area (Å²) in [6.07, 6.45) is 7.02. The molecule has 26 heavy (non-hydrogen) atoms. The van der Waals surface area contributed by atoms with Crippen LogP contribution in [0.5, 0.6) is 5.75 Å². The maximum atomic E-state index is 12.9. The second-order valence-corrected chi connectivity index (χ2v) is 5.92. The Balaban J connectivity index is 1.96. The van der Waals surface area contributed by atoms with E-state index in [1.807, 2.05) is 24.9 Å². The van der Waals surface area contributed by atoms with Gasteiger partial charge in [0.2, 0.25) is 6.86 Å². The number of halogens is 1. The molecule has 0 saturated carbocycles. The standard InChI is InChI=1S/C18H16FN5O2/c1-22-11-20-16-17(22)15(12-7-21-23(2)8-12)9-24(18(16)25)13-3-5-14(6-4-13)26-10-19/h3-9,11H,10H2,1-2H3. The van der Waals surface area contributed by atoms with Gasteiger partial charge in [-0.15, -0.1) is 0 Å². The van der Waals surface area contributed by atoms with E-state index in [2.05, 4.69) is 10.1 Å². The highest BCUT2D eigenvalue weighted by Gasteiger charge is 2.16. The molecule has 0 aliphatic heterocycles. The van der Waals surface area contributed by atoms with Crippen molar-refractivity contribution in [2.75, 3.05) is 6.86 Å². The maximum Gasteiger partial charge on any atom is 0.283 e. The average Bonchev–Trinajstić information content (AvgIpc) is 3.24. The lowest BCUT2D eigenvalue weighted by atomic mass is 10.1. The molecule has 0 radical (unpaired) electrons. The molecule has 0 N–H and O–H groups in total. The van der Waals surface area contributed by atoms with Gasteiger partial charge in [-0.05, 0) is 24.3 Å². The number of fused-ring (bicyclic) bond motifs is 1. The van der Waals surface area contributed by atoms with E-state index in [0.717, 1.165) is 16.6 Å². The molecule has 0 aliphatic rings. The Morgan fingerprint density at radius 3 is 2.58 bits per heavy atom. The number of hydrogen-bond acceptors (Lipinski definition) is 4. The first-order valence-electron chi connectivity index (χ1n) is 7.93. The summed E-state index contributed by atoms with van der Waals surface area (Å²) in [5, 5.41) is 4.22. The second-order valence-electron chi connectivity index (χ2n) is 5.92. The van der Waals surface area contributed by atoms with E-state index in [-0.39, 0.29) is 5.56 Å². The Bertz CT molecular complexity index is 1140. The summed E-state index contributed by atoms with van der Waals surface area (Å²) in [4.78, 5) is 17.2. The number of alkyl halides is 1. The molecular weight excluding hydrogens is 337 g/mol. The number of hydrogen-bond donors (Lipinski definition) is 0. The minimum absolute atomic E-state index is 0.229. The lowest BCUT2D eigenvalue weighted by Crippen LogP contribution is -2.19. The predicted octanol–water partition coefficient (Wildman–Crippen LogP) is 2.43. The zero-order valence-corrected chi connectivity index (χ0v) is 14.3. The zero-order valence-electron chi connectivity index (χ0n) is 14.3. The monoisotopic (exact) mass is 353 g/mol. The number of aryl methyl sites for hydroxylation is 2. The number of pyridine rings is 1. The van der Waals surface area contributed by atoms with E-state index in [0.29, 0.717) is 17.0 Å². The van der Waals surface area contributed by atoms with Crippen molar-refractivity contribution in [3.05, 3.63) is 59.5 Å². The highest BCUT2D eigenvalue weighted by Crippen LogP contribution is 2.27. The lowest BCUT2D eigenvalue weighted by molar-refractivity contribution is 0.192. The molecule has 3 heterocycles. The Morgan fingerprint density at radius 1 is 1.15 bits per heavy atom. The van der Waals surface area contributed by atoms with Crippen LogP contribution in [0.15, 0.2) is 54.0 Å². The van der Waals surface area contributed by atoms with Crippen molar-refractivity contribution in [1.29, 1.82) is 0 Å². The molecule has 0 atom stereocenters. The molecule has 7 nitrogen and oxygen atoms in total. The van der Waals surface area contributed by atoms with Gasteiger partial charge in [0.25, 0.3) is 5.56 Å². The van der Waals surface area contributed by atoms with Crippen LogP contribution < -0.4 is 10.3 Å². The second kappa shape index (κ2) is 6.14. The van der Waals surface area contributed by atoms with Crippen LogP contribution in [-0.4, -0.2) is 30.8 Å². The SMILES string of the molecule is Cn1cc(-c2cn(-c3ccc(OCF)cc3)c(=O)c3ncn(C)c23)cn1. The van der Waals surface area contributed by atoms with E-state index in [1.165, 1.54) is 4.57 Å². The first-order valence-corrected chi connectivity index (χ1v) is 7.93. The van der Waals surface area contributed by atoms with E-state index in [4.69, 9.17) is 4.74 Å². The van der Waals surface area contributed by atoms with Gasteiger partial charge >= 0.3 is 0 Å².